The minimum atomic E-state index is 0.716. The number of ether oxygens (including phenoxy) is 1. The Balaban J connectivity index is -0.000000585. The first-order valence-electron chi connectivity index (χ1n) is 19.2. The van der Waals surface area contributed by atoms with Crippen LogP contribution in [0, 0.1) is 17.8 Å². The fourth-order valence-electron chi connectivity index (χ4n) is 5.56. The predicted octanol–water partition coefficient (Wildman–Crippen LogP) is 12.7. The van der Waals surface area contributed by atoms with Crippen molar-refractivity contribution in [3.05, 3.63) is 35.1 Å². The third kappa shape index (κ3) is 28.4. The van der Waals surface area contributed by atoms with Crippen molar-refractivity contribution in [3.8, 4) is 0 Å². The second kappa shape index (κ2) is 34.8. The molecule has 0 aromatic carbocycles. The van der Waals surface area contributed by atoms with Crippen LogP contribution in [0.25, 0.3) is 0 Å². The van der Waals surface area contributed by atoms with Gasteiger partial charge >= 0.3 is 0 Å². The van der Waals surface area contributed by atoms with E-state index in [1.807, 2.05) is 13.8 Å². The molecule has 3 nitrogen and oxygen atoms in total. The number of unbranched alkanes of at least 4 members (excludes halogenated alkanes) is 3. The summed E-state index contributed by atoms with van der Waals surface area (Å²) >= 11 is 0. The maximum atomic E-state index is 5.65. The van der Waals surface area contributed by atoms with E-state index in [2.05, 4.69) is 111 Å². The monoisotopic (exact) mass is 621 g/mol. The summed E-state index contributed by atoms with van der Waals surface area (Å²) < 4.78 is 5.65. The van der Waals surface area contributed by atoms with Crippen molar-refractivity contribution in [2.24, 2.45) is 17.8 Å². The summed E-state index contributed by atoms with van der Waals surface area (Å²) in [4.78, 5) is 4.90. The van der Waals surface area contributed by atoms with E-state index in [1.165, 1.54) is 109 Å². The Morgan fingerprint density at radius 2 is 1.48 bits per heavy atom. The zero-order chi connectivity index (χ0) is 34.2. The molecule has 1 aliphatic carbocycles. The second-order valence-electron chi connectivity index (χ2n) is 12.9. The van der Waals surface area contributed by atoms with E-state index in [0.717, 1.165) is 30.6 Å². The lowest BCUT2D eigenvalue weighted by Crippen LogP contribution is -2.27. The Morgan fingerprint density at radius 3 is 1.95 bits per heavy atom. The molecule has 0 aromatic rings. The standard InChI is InChI=1S/C17H30O.C13H30N2.C9H18.C2H6/c1-6-13(4)11-15(7-2)16-9-10-17(18-8-3)14(5)12-16;1-5-7-12-15(10-6-2)13-9-8-11-14(3)4;1-4-6-8-9(3)7-5-2;1-2/h10,12-13,15-16H,6-9,11H2,1-5H3;5-13H2,1-4H3;7H,4-6,8H2,1-3H3;1-2H3/b;;9-7+;. The number of allylic oxidation sites excluding steroid dienone is 5. The lowest BCUT2D eigenvalue weighted by molar-refractivity contribution is 0.228. The van der Waals surface area contributed by atoms with Gasteiger partial charge in [-0.2, -0.15) is 0 Å². The normalized spacial score (nSPS) is 16.0. The molecule has 0 spiro atoms. The molecule has 44 heavy (non-hydrogen) atoms. The van der Waals surface area contributed by atoms with Gasteiger partial charge in [0.1, 0.15) is 5.76 Å². The highest BCUT2D eigenvalue weighted by molar-refractivity contribution is 5.28. The molecule has 0 fully saturated rings. The molecule has 1 rings (SSSR count). The highest BCUT2D eigenvalue weighted by Crippen LogP contribution is 2.34. The van der Waals surface area contributed by atoms with Gasteiger partial charge in [-0.1, -0.05) is 106 Å². The molecule has 3 atom stereocenters. The van der Waals surface area contributed by atoms with Gasteiger partial charge in [0.25, 0.3) is 0 Å². The highest BCUT2D eigenvalue weighted by atomic mass is 16.5. The zero-order valence-corrected chi connectivity index (χ0v) is 33.0. The molecule has 0 amide bonds. The summed E-state index contributed by atoms with van der Waals surface area (Å²) in [6, 6.07) is 0. The number of hydrogen-bond donors (Lipinski definition) is 0. The van der Waals surface area contributed by atoms with Crippen LogP contribution in [0.4, 0.5) is 0 Å². The molecule has 0 N–H and O–H groups in total. The van der Waals surface area contributed by atoms with Crippen LogP contribution in [0.15, 0.2) is 35.1 Å². The maximum Gasteiger partial charge on any atom is 0.117 e. The van der Waals surface area contributed by atoms with E-state index in [4.69, 9.17) is 4.74 Å². The molecule has 1 aliphatic rings. The summed E-state index contributed by atoms with van der Waals surface area (Å²) in [6.07, 6.45) is 23.9. The molecule has 0 saturated heterocycles. The van der Waals surface area contributed by atoms with Crippen molar-refractivity contribution in [1.82, 2.24) is 9.80 Å². The average molecular weight is 621 g/mol. The third-order valence-corrected chi connectivity index (χ3v) is 8.43. The highest BCUT2D eigenvalue weighted by Gasteiger charge is 2.22. The van der Waals surface area contributed by atoms with Crippen LogP contribution in [0.2, 0.25) is 0 Å². The number of nitrogens with zero attached hydrogens (tertiary/aromatic N) is 2. The number of hydrogen-bond acceptors (Lipinski definition) is 3. The van der Waals surface area contributed by atoms with Gasteiger partial charge in [0.05, 0.1) is 6.61 Å². The fourth-order valence-corrected chi connectivity index (χ4v) is 5.56. The van der Waals surface area contributed by atoms with Crippen LogP contribution in [0.3, 0.4) is 0 Å². The lowest BCUT2D eigenvalue weighted by Gasteiger charge is -2.29. The summed E-state index contributed by atoms with van der Waals surface area (Å²) in [5, 5.41) is 0. The summed E-state index contributed by atoms with van der Waals surface area (Å²) in [5.41, 5.74) is 2.88. The SMILES string of the molecule is CC.CC/C=C(\C)CCCC.CCCCN(CCC)CCCCN(C)C.CCOC1=CCC(C(CC)CC(C)CC)C=C1C. The van der Waals surface area contributed by atoms with Gasteiger partial charge < -0.3 is 14.5 Å². The van der Waals surface area contributed by atoms with Crippen molar-refractivity contribution in [3.63, 3.8) is 0 Å². The van der Waals surface area contributed by atoms with Gasteiger partial charge in [0.2, 0.25) is 0 Å². The molecule has 3 unspecified atom stereocenters. The van der Waals surface area contributed by atoms with Crippen molar-refractivity contribution in [1.29, 1.82) is 0 Å². The van der Waals surface area contributed by atoms with E-state index in [-0.39, 0.29) is 0 Å². The van der Waals surface area contributed by atoms with Crippen LogP contribution >= 0.6 is 0 Å². The van der Waals surface area contributed by atoms with E-state index >= 15 is 0 Å². The average Bonchev–Trinajstić information content (AvgIpc) is 3.02. The Labute approximate surface area is 280 Å². The van der Waals surface area contributed by atoms with Crippen molar-refractivity contribution in [2.75, 3.05) is 46.9 Å². The Hall–Kier alpha value is -1.06. The quantitative estimate of drug-likeness (QED) is 0.0937. The van der Waals surface area contributed by atoms with Crippen LogP contribution in [-0.4, -0.2) is 56.7 Å². The van der Waals surface area contributed by atoms with Gasteiger partial charge in [-0.15, -0.1) is 0 Å². The zero-order valence-electron chi connectivity index (χ0n) is 33.0. The van der Waals surface area contributed by atoms with E-state index in [1.54, 1.807) is 5.57 Å². The van der Waals surface area contributed by atoms with Crippen molar-refractivity contribution < 1.29 is 4.74 Å². The minimum absolute atomic E-state index is 0.716. The van der Waals surface area contributed by atoms with E-state index in [9.17, 15) is 0 Å². The van der Waals surface area contributed by atoms with E-state index < -0.39 is 0 Å². The van der Waals surface area contributed by atoms with Gasteiger partial charge in [-0.05, 0) is 148 Å². The van der Waals surface area contributed by atoms with E-state index in [0.29, 0.717) is 5.92 Å². The molecule has 0 aliphatic heterocycles. The van der Waals surface area contributed by atoms with Crippen LogP contribution in [0.5, 0.6) is 0 Å². The molecule has 0 radical (unpaired) electrons. The smallest absolute Gasteiger partial charge is 0.117 e. The second-order valence-corrected chi connectivity index (χ2v) is 12.9. The van der Waals surface area contributed by atoms with Crippen molar-refractivity contribution in [2.45, 2.75) is 167 Å². The maximum absolute atomic E-state index is 5.65. The Kier molecular flexibility index (Phi) is 37.5. The Morgan fingerprint density at radius 1 is 0.864 bits per heavy atom. The predicted molar refractivity (Wildman–Crippen MR) is 204 cm³/mol. The third-order valence-electron chi connectivity index (χ3n) is 8.43. The first-order valence-corrected chi connectivity index (χ1v) is 19.2. The largest absolute Gasteiger partial charge is 0.494 e. The van der Waals surface area contributed by atoms with Crippen LogP contribution in [-0.2, 0) is 4.74 Å². The Bertz CT molecular complexity index is 678. The first kappa shape index (κ1) is 47.3. The summed E-state index contributed by atoms with van der Waals surface area (Å²) in [5.74, 6) is 3.50. The molecule has 0 saturated carbocycles. The summed E-state index contributed by atoms with van der Waals surface area (Å²) in [6.45, 7) is 32.3. The van der Waals surface area contributed by atoms with Gasteiger partial charge in [0, 0.05) is 0 Å². The minimum Gasteiger partial charge on any atom is -0.494 e. The summed E-state index contributed by atoms with van der Waals surface area (Å²) in [7, 11) is 4.31. The fraction of sp³-hybridized carbons (Fsp3) is 0.854. The first-order chi connectivity index (χ1) is 21.1. The van der Waals surface area contributed by atoms with Gasteiger partial charge in [-0.3, -0.25) is 0 Å². The lowest BCUT2D eigenvalue weighted by atomic mass is 9.78. The van der Waals surface area contributed by atoms with Crippen LogP contribution < -0.4 is 0 Å². The molecular formula is C41H84N2O. The molecule has 0 bridgehead atoms. The van der Waals surface area contributed by atoms with Gasteiger partial charge in [-0.25, -0.2) is 0 Å². The molecule has 0 aromatic heterocycles. The molecule has 264 valence electrons. The molecule has 3 heteroatoms. The molecular weight excluding hydrogens is 536 g/mol. The van der Waals surface area contributed by atoms with Crippen LogP contribution in [0.1, 0.15) is 167 Å². The topological polar surface area (TPSA) is 15.7 Å². The number of rotatable bonds is 21. The van der Waals surface area contributed by atoms with Gasteiger partial charge in [0.15, 0.2) is 0 Å². The molecule has 0 heterocycles. The van der Waals surface area contributed by atoms with Crippen molar-refractivity contribution >= 4 is 0 Å².